The number of benzene rings is 1. The molecule has 1 aromatic carbocycles. The van der Waals surface area contributed by atoms with Gasteiger partial charge in [-0.1, -0.05) is 6.07 Å². The Kier molecular flexibility index (Phi) is 7.34. The molecule has 1 saturated heterocycles. The van der Waals surface area contributed by atoms with E-state index in [1.807, 2.05) is 20.8 Å². The van der Waals surface area contributed by atoms with Crippen molar-refractivity contribution in [2.45, 2.75) is 32.9 Å². The molecule has 1 atom stereocenters. The summed E-state index contributed by atoms with van der Waals surface area (Å²) in [5, 5.41) is 3.44. The summed E-state index contributed by atoms with van der Waals surface area (Å²) < 4.78 is 11.8. The van der Waals surface area contributed by atoms with Crippen molar-refractivity contribution in [3.05, 3.63) is 23.8 Å². The van der Waals surface area contributed by atoms with Gasteiger partial charge in [0.25, 0.3) is 0 Å². The van der Waals surface area contributed by atoms with E-state index in [1.54, 1.807) is 0 Å². The Morgan fingerprint density at radius 2 is 1.88 bits per heavy atom. The third-order valence-electron chi connectivity index (χ3n) is 4.15. The van der Waals surface area contributed by atoms with Crippen LogP contribution in [0.1, 0.15) is 32.4 Å². The first-order valence-corrected chi connectivity index (χ1v) is 9.04. The van der Waals surface area contributed by atoms with Gasteiger partial charge < -0.3 is 19.7 Å². The molecule has 2 rings (SSSR count). The van der Waals surface area contributed by atoms with Gasteiger partial charge in [0.05, 0.1) is 12.7 Å². The molecule has 0 bridgehead atoms. The predicted molar refractivity (Wildman–Crippen MR) is 99.1 cm³/mol. The fourth-order valence-corrected chi connectivity index (χ4v) is 3.12. The molecule has 136 valence electrons. The maximum Gasteiger partial charge on any atom is 0.161 e. The van der Waals surface area contributed by atoms with Crippen LogP contribution in [0.2, 0.25) is 0 Å². The van der Waals surface area contributed by atoms with Gasteiger partial charge >= 0.3 is 0 Å². The molecule has 24 heavy (non-hydrogen) atoms. The van der Waals surface area contributed by atoms with Crippen LogP contribution in [0.15, 0.2) is 18.2 Å². The molecule has 0 aromatic heterocycles. The Balaban J connectivity index is 2.28. The first-order chi connectivity index (χ1) is 11.5. The molecule has 1 fully saturated rings. The minimum Gasteiger partial charge on any atom is -0.490 e. The summed E-state index contributed by atoms with van der Waals surface area (Å²) in [5.41, 5.74) is 1.30. The van der Waals surface area contributed by atoms with E-state index in [1.165, 1.54) is 5.56 Å². The summed E-state index contributed by atoms with van der Waals surface area (Å²) in [6.45, 7) is 12.0. The zero-order chi connectivity index (χ0) is 17.5. The zero-order valence-corrected chi connectivity index (χ0v) is 15.8. The van der Waals surface area contributed by atoms with E-state index in [0.29, 0.717) is 12.6 Å². The van der Waals surface area contributed by atoms with Gasteiger partial charge in [-0.2, -0.15) is 0 Å². The lowest BCUT2D eigenvalue weighted by Crippen LogP contribution is -2.47. The van der Waals surface area contributed by atoms with Gasteiger partial charge in [0.1, 0.15) is 0 Å². The molecule has 0 amide bonds. The number of rotatable bonds is 8. The first kappa shape index (κ1) is 19.0. The van der Waals surface area contributed by atoms with Crippen LogP contribution in [0.25, 0.3) is 0 Å². The second-order valence-corrected chi connectivity index (χ2v) is 6.87. The van der Waals surface area contributed by atoms with Gasteiger partial charge in [0, 0.05) is 38.8 Å². The fraction of sp³-hybridized carbons (Fsp3) is 0.684. The molecule has 0 radical (unpaired) electrons. The SMILES string of the molecule is CCOc1cc(C(CN(C)C)N2CCNCC2)ccc1OC(C)C. The summed E-state index contributed by atoms with van der Waals surface area (Å²) in [4.78, 5) is 4.82. The number of nitrogens with zero attached hydrogens (tertiary/aromatic N) is 2. The maximum absolute atomic E-state index is 5.90. The smallest absolute Gasteiger partial charge is 0.161 e. The number of hydrogen-bond donors (Lipinski definition) is 1. The highest BCUT2D eigenvalue weighted by Crippen LogP contribution is 2.33. The third kappa shape index (κ3) is 5.36. The summed E-state index contributed by atoms with van der Waals surface area (Å²) >= 11 is 0. The highest BCUT2D eigenvalue weighted by molar-refractivity contribution is 5.44. The van der Waals surface area contributed by atoms with Crippen LogP contribution in [-0.4, -0.2) is 69.3 Å². The first-order valence-electron chi connectivity index (χ1n) is 9.04. The van der Waals surface area contributed by atoms with E-state index in [4.69, 9.17) is 9.47 Å². The molecular weight excluding hydrogens is 302 g/mol. The molecule has 1 N–H and O–H groups in total. The largest absolute Gasteiger partial charge is 0.490 e. The molecular formula is C19H33N3O2. The van der Waals surface area contributed by atoms with Crippen LogP contribution in [0.5, 0.6) is 11.5 Å². The fourth-order valence-electron chi connectivity index (χ4n) is 3.12. The van der Waals surface area contributed by atoms with Crippen molar-refractivity contribution in [1.29, 1.82) is 0 Å². The average Bonchev–Trinajstić information content (AvgIpc) is 2.55. The molecule has 1 aromatic rings. The normalized spacial score (nSPS) is 17.3. The molecule has 1 aliphatic heterocycles. The Bertz CT molecular complexity index is 499. The topological polar surface area (TPSA) is 37.0 Å². The van der Waals surface area contributed by atoms with Gasteiger partial charge in [-0.15, -0.1) is 0 Å². The van der Waals surface area contributed by atoms with Crippen LogP contribution in [0.4, 0.5) is 0 Å². The van der Waals surface area contributed by atoms with Crippen molar-refractivity contribution < 1.29 is 9.47 Å². The Morgan fingerprint density at radius 3 is 2.46 bits per heavy atom. The van der Waals surface area contributed by atoms with Crippen LogP contribution < -0.4 is 14.8 Å². The Hall–Kier alpha value is -1.30. The number of nitrogens with one attached hydrogen (secondary N) is 1. The van der Waals surface area contributed by atoms with Crippen LogP contribution >= 0.6 is 0 Å². The Morgan fingerprint density at radius 1 is 1.17 bits per heavy atom. The van der Waals surface area contributed by atoms with E-state index in [9.17, 15) is 0 Å². The highest BCUT2D eigenvalue weighted by atomic mass is 16.5. The summed E-state index contributed by atoms with van der Waals surface area (Å²) in [6.07, 6.45) is 0.140. The van der Waals surface area contributed by atoms with E-state index in [2.05, 4.69) is 47.4 Å². The molecule has 1 aliphatic rings. The second kappa shape index (κ2) is 9.25. The lowest BCUT2D eigenvalue weighted by Gasteiger charge is -2.36. The third-order valence-corrected chi connectivity index (χ3v) is 4.15. The van der Waals surface area contributed by atoms with Gasteiger partial charge in [-0.25, -0.2) is 0 Å². The quantitative estimate of drug-likeness (QED) is 0.789. The molecule has 0 spiro atoms. The zero-order valence-electron chi connectivity index (χ0n) is 15.8. The lowest BCUT2D eigenvalue weighted by molar-refractivity contribution is 0.144. The van der Waals surface area contributed by atoms with Crippen molar-refractivity contribution >= 4 is 0 Å². The summed E-state index contributed by atoms with van der Waals surface area (Å²) in [6, 6.07) is 6.79. The highest BCUT2D eigenvalue weighted by Gasteiger charge is 2.24. The van der Waals surface area contributed by atoms with Gasteiger partial charge in [-0.05, 0) is 52.6 Å². The van der Waals surface area contributed by atoms with Crippen molar-refractivity contribution in [2.24, 2.45) is 0 Å². The van der Waals surface area contributed by atoms with Crippen molar-refractivity contribution in [3.63, 3.8) is 0 Å². The molecule has 0 saturated carbocycles. The second-order valence-electron chi connectivity index (χ2n) is 6.87. The van der Waals surface area contributed by atoms with Gasteiger partial charge in [0.15, 0.2) is 11.5 Å². The number of ether oxygens (including phenoxy) is 2. The van der Waals surface area contributed by atoms with Gasteiger partial charge in [0.2, 0.25) is 0 Å². The van der Waals surface area contributed by atoms with Crippen LogP contribution in [-0.2, 0) is 0 Å². The average molecular weight is 335 g/mol. The van der Waals surface area contributed by atoms with Crippen LogP contribution in [0.3, 0.4) is 0 Å². The molecule has 1 unspecified atom stereocenters. The molecule has 0 aliphatic carbocycles. The minimum atomic E-state index is 0.140. The van der Waals surface area contributed by atoms with Crippen molar-refractivity contribution in [2.75, 3.05) is 53.4 Å². The minimum absolute atomic E-state index is 0.140. The van der Waals surface area contributed by atoms with E-state index >= 15 is 0 Å². The summed E-state index contributed by atoms with van der Waals surface area (Å²) in [7, 11) is 4.27. The van der Waals surface area contributed by atoms with E-state index < -0.39 is 0 Å². The number of piperazine rings is 1. The molecule has 5 heteroatoms. The monoisotopic (exact) mass is 335 g/mol. The Labute approximate surface area is 146 Å². The van der Waals surface area contributed by atoms with Crippen LogP contribution in [0, 0.1) is 0 Å². The van der Waals surface area contributed by atoms with E-state index in [0.717, 1.165) is 44.2 Å². The molecule has 1 heterocycles. The number of hydrogen-bond acceptors (Lipinski definition) is 5. The summed E-state index contributed by atoms with van der Waals surface area (Å²) in [5.74, 6) is 1.68. The maximum atomic E-state index is 5.90. The number of likely N-dealkylation sites (N-methyl/N-ethyl adjacent to an activating group) is 1. The predicted octanol–water partition coefficient (Wildman–Crippen LogP) is 2.38. The molecule has 5 nitrogen and oxygen atoms in total. The van der Waals surface area contributed by atoms with Gasteiger partial charge in [-0.3, -0.25) is 4.90 Å². The lowest BCUT2D eigenvalue weighted by atomic mass is 10.0. The van der Waals surface area contributed by atoms with Crippen molar-refractivity contribution in [1.82, 2.24) is 15.1 Å². The van der Waals surface area contributed by atoms with Crippen molar-refractivity contribution in [3.8, 4) is 11.5 Å². The standard InChI is InChI=1S/C19H33N3O2/c1-6-23-19-13-16(7-8-18(19)24-15(2)3)17(14-21(4)5)22-11-9-20-10-12-22/h7-8,13,15,17,20H,6,9-12,14H2,1-5H3. The van der Waals surface area contributed by atoms with E-state index in [-0.39, 0.29) is 6.10 Å².